The largest absolute Gasteiger partial charge is 0.496 e. The van der Waals surface area contributed by atoms with Gasteiger partial charge in [-0.05, 0) is 70.0 Å². The van der Waals surface area contributed by atoms with Gasteiger partial charge in [0.2, 0.25) is 0 Å². The molecule has 0 saturated carbocycles. The lowest BCUT2D eigenvalue weighted by Crippen LogP contribution is -2.27. The summed E-state index contributed by atoms with van der Waals surface area (Å²) in [4.78, 5) is 53.7. The number of benzene rings is 4. The Bertz CT molecular complexity index is 3020. The smallest absolute Gasteiger partial charge is 0.338 e. The number of aromatic nitrogens is 4. The van der Waals surface area contributed by atoms with E-state index in [4.69, 9.17) is 15.2 Å². The molecule has 2 atom stereocenters. The highest BCUT2D eigenvalue weighted by Gasteiger charge is 2.23. The lowest BCUT2D eigenvalue weighted by atomic mass is 10.1. The van der Waals surface area contributed by atoms with Crippen LogP contribution >= 0.6 is 0 Å². The quantitative estimate of drug-likeness (QED) is 0.0856. The second-order valence-electron chi connectivity index (χ2n) is 15.3. The van der Waals surface area contributed by atoms with Crippen LogP contribution in [0.3, 0.4) is 0 Å². The number of H-pyrrole nitrogens is 2. The number of carbonyl (C=O) groups excluding carboxylic acids is 1. The first-order valence-electron chi connectivity index (χ1n) is 20.8. The summed E-state index contributed by atoms with van der Waals surface area (Å²) in [7, 11) is 3.03. The van der Waals surface area contributed by atoms with E-state index in [1.807, 2.05) is 98.0 Å². The minimum atomic E-state index is -0.872. The van der Waals surface area contributed by atoms with Gasteiger partial charge in [0.05, 0.1) is 55.1 Å². The van der Waals surface area contributed by atoms with E-state index in [-0.39, 0.29) is 42.2 Å². The average molecular weight is 863 g/mol. The maximum atomic E-state index is 13.1. The fourth-order valence-electron chi connectivity index (χ4n) is 8.00. The van der Waals surface area contributed by atoms with Gasteiger partial charge in [-0.3, -0.25) is 14.4 Å². The highest BCUT2D eigenvalue weighted by atomic mass is 16.5. The van der Waals surface area contributed by atoms with Gasteiger partial charge in [0, 0.05) is 51.6 Å². The molecule has 0 aliphatic rings. The number of aryl methyl sites for hydroxylation is 2. The van der Waals surface area contributed by atoms with Crippen LogP contribution in [-0.2, 0) is 13.1 Å². The molecule has 1 amide bonds. The van der Waals surface area contributed by atoms with Gasteiger partial charge in [-0.2, -0.15) is 0 Å². The Labute approximate surface area is 371 Å². The SMILES string of the molecule is COc1cc(C)[nH]c(=O)c1CN.COc1cc(C)[nH]c(=O)c1CNC(=O)c1cn(C(C)c2ccccc2)c2ccccc12.Cc1c(C(=O)O)c2ccccc2n1C(C)c1ccccc1. The Balaban J connectivity index is 0.000000177. The van der Waals surface area contributed by atoms with Crippen LogP contribution in [0.4, 0.5) is 0 Å². The van der Waals surface area contributed by atoms with E-state index in [1.165, 1.54) is 19.8 Å². The summed E-state index contributed by atoms with van der Waals surface area (Å²) in [6.07, 6.45) is 1.88. The van der Waals surface area contributed by atoms with Crippen molar-refractivity contribution >= 4 is 33.7 Å². The van der Waals surface area contributed by atoms with Crippen molar-refractivity contribution in [1.29, 1.82) is 0 Å². The Morgan fingerprint density at radius 1 is 0.688 bits per heavy atom. The third-order valence-electron chi connectivity index (χ3n) is 11.3. The summed E-state index contributed by atoms with van der Waals surface area (Å²) in [6, 6.07) is 39.5. The minimum Gasteiger partial charge on any atom is -0.496 e. The van der Waals surface area contributed by atoms with Crippen LogP contribution in [0.2, 0.25) is 0 Å². The van der Waals surface area contributed by atoms with E-state index in [1.54, 1.807) is 26.0 Å². The molecule has 330 valence electrons. The number of aromatic amines is 2. The van der Waals surface area contributed by atoms with Gasteiger partial charge in [-0.15, -0.1) is 0 Å². The molecule has 13 nitrogen and oxygen atoms in total. The van der Waals surface area contributed by atoms with Crippen molar-refractivity contribution < 1.29 is 24.2 Å². The molecule has 8 aromatic rings. The van der Waals surface area contributed by atoms with Crippen molar-refractivity contribution in [3.63, 3.8) is 0 Å². The van der Waals surface area contributed by atoms with Crippen LogP contribution in [0.15, 0.2) is 137 Å². The maximum absolute atomic E-state index is 13.1. The van der Waals surface area contributed by atoms with E-state index in [9.17, 15) is 24.3 Å². The Kier molecular flexibility index (Phi) is 14.7. The number of pyridine rings is 2. The van der Waals surface area contributed by atoms with Gasteiger partial charge in [-0.1, -0.05) is 97.1 Å². The van der Waals surface area contributed by atoms with E-state index in [2.05, 4.69) is 62.5 Å². The van der Waals surface area contributed by atoms with Crippen molar-refractivity contribution in [1.82, 2.24) is 24.4 Å². The zero-order valence-electron chi connectivity index (χ0n) is 37.1. The third kappa shape index (κ3) is 9.85. The van der Waals surface area contributed by atoms with E-state index in [0.29, 0.717) is 39.4 Å². The molecule has 0 spiro atoms. The minimum absolute atomic E-state index is 0.0627. The Morgan fingerprint density at radius 2 is 1.17 bits per heavy atom. The van der Waals surface area contributed by atoms with Crippen molar-refractivity contribution in [3.8, 4) is 11.5 Å². The summed E-state index contributed by atoms with van der Waals surface area (Å²) >= 11 is 0. The normalized spacial score (nSPS) is 11.8. The van der Waals surface area contributed by atoms with Crippen molar-refractivity contribution in [2.24, 2.45) is 5.73 Å². The van der Waals surface area contributed by atoms with Crippen molar-refractivity contribution in [3.05, 3.63) is 199 Å². The maximum Gasteiger partial charge on any atom is 0.338 e. The zero-order chi connectivity index (χ0) is 46.1. The van der Waals surface area contributed by atoms with Crippen molar-refractivity contribution in [2.75, 3.05) is 14.2 Å². The molecule has 0 aliphatic heterocycles. The number of hydrogen-bond acceptors (Lipinski definition) is 7. The fourth-order valence-corrected chi connectivity index (χ4v) is 8.00. The first kappa shape index (κ1) is 45.9. The van der Waals surface area contributed by atoms with Gasteiger partial charge >= 0.3 is 5.97 Å². The molecule has 0 radical (unpaired) electrons. The number of nitrogens with two attached hydrogens (primary N) is 1. The van der Waals surface area contributed by atoms with E-state index < -0.39 is 5.97 Å². The summed E-state index contributed by atoms with van der Waals surface area (Å²) in [5.41, 5.74) is 13.3. The van der Waals surface area contributed by atoms with Crippen LogP contribution in [0.5, 0.6) is 11.5 Å². The molecule has 4 aromatic carbocycles. The molecule has 13 heteroatoms. The fraction of sp³-hybridized carbons (Fsp3) is 0.216. The zero-order valence-corrected chi connectivity index (χ0v) is 37.1. The lowest BCUT2D eigenvalue weighted by molar-refractivity contribution is 0.0697. The molecule has 0 aliphatic carbocycles. The number of aromatic carboxylic acids is 1. The number of carboxylic acid groups (broad SMARTS) is 1. The molecule has 2 unspecified atom stereocenters. The van der Waals surface area contributed by atoms with Gasteiger partial charge in [-0.25, -0.2) is 4.79 Å². The summed E-state index contributed by atoms with van der Waals surface area (Å²) in [6.45, 7) is 9.94. The summed E-state index contributed by atoms with van der Waals surface area (Å²) in [5, 5.41) is 14.1. The number of carbonyl (C=O) groups is 2. The summed E-state index contributed by atoms with van der Waals surface area (Å²) < 4.78 is 14.5. The van der Waals surface area contributed by atoms with Crippen LogP contribution in [-0.4, -0.2) is 50.3 Å². The van der Waals surface area contributed by atoms with Gasteiger partial charge in [0.1, 0.15) is 11.5 Å². The Morgan fingerprint density at radius 3 is 1.72 bits per heavy atom. The number of fused-ring (bicyclic) bond motifs is 2. The van der Waals surface area contributed by atoms with Gasteiger partial charge in [0.25, 0.3) is 17.0 Å². The molecular formula is C51H54N6O7. The van der Waals surface area contributed by atoms with Gasteiger partial charge in [0.15, 0.2) is 0 Å². The number of rotatable bonds is 11. The topological polar surface area (TPSA) is 186 Å². The molecule has 4 heterocycles. The molecular weight excluding hydrogens is 809 g/mol. The monoisotopic (exact) mass is 862 g/mol. The number of nitrogens with zero attached hydrogens (tertiary/aromatic N) is 2. The average Bonchev–Trinajstić information content (AvgIpc) is 3.84. The second kappa shape index (κ2) is 20.5. The predicted octanol–water partition coefficient (Wildman–Crippen LogP) is 8.59. The number of carboxylic acids is 1. The van der Waals surface area contributed by atoms with Crippen LogP contribution in [0.1, 0.15) is 86.0 Å². The van der Waals surface area contributed by atoms with Crippen LogP contribution < -0.4 is 31.6 Å². The van der Waals surface area contributed by atoms with E-state index >= 15 is 0 Å². The molecule has 8 rings (SSSR count). The molecule has 64 heavy (non-hydrogen) atoms. The molecule has 4 aromatic heterocycles. The van der Waals surface area contributed by atoms with E-state index in [0.717, 1.165) is 38.8 Å². The molecule has 0 bridgehead atoms. The Hall–Kier alpha value is -7.64. The molecule has 0 saturated heterocycles. The standard InChI is InChI=1S/C25H25N3O3.C18H17NO2.C8H12N2O2/c1-16-13-23(31-3)20(25(30)27-16)14-26-24(29)21-15-28(22-12-8-7-11-19(21)22)17(2)18-9-5-4-6-10-18;1-12(14-8-4-3-5-9-14)19-13(2)17(18(20)21)15-10-6-7-11-16(15)19;1-5-3-7(12-2)6(4-9)8(11)10-5/h4-13,15,17H,14H2,1-3H3,(H,26,29)(H,27,30);3-12H,1-2H3,(H,20,21);3H,4,9H2,1-2H3,(H,10,11). The molecule has 6 N–H and O–H groups in total. The summed E-state index contributed by atoms with van der Waals surface area (Å²) in [5.74, 6) is -0.0969. The lowest BCUT2D eigenvalue weighted by Gasteiger charge is -2.18. The predicted molar refractivity (Wildman–Crippen MR) is 252 cm³/mol. The second-order valence-corrected chi connectivity index (χ2v) is 15.3. The van der Waals surface area contributed by atoms with Gasteiger partial charge < -0.3 is 44.7 Å². The van der Waals surface area contributed by atoms with Crippen molar-refractivity contribution in [2.45, 2.75) is 59.8 Å². The number of methoxy groups -OCH3 is 2. The molecule has 0 fully saturated rings. The van der Waals surface area contributed by atoms with Crippen LogP contribution in [0.25, 0.3) is 21.8 Å². The first-order valence-corrected chi connectivity index (χ1v) is 20.8. The van der Waals surface area contributed by atoms with Crippen LogP contribution in [0, 0.1) is 20.8 Å². The number of para-hydroxylation sites is 2. The number of nitrogens with one attached hydrogen (secondary N) is 3. The highest BCUT2D eigenvalue weighted by Crippen LogP contribution is 2.32. The highest BCUT2D eigenvalue weighted by molar-refractivity contribution is 6.07. The number of amides is 1. The third-order valence-corrected chi connectivity index (χ3v) is 11.3. The number of ether oxygens (including phenoxy) is 2. The first-order chi connectivity index (χ1) is 30.8. The number of hydrogen-bond donors (Lipinski definition) is 5.